The fourth-order valence-electron chi connectivity index (χ4n) is 2.29. The Morgan fingerprint density at radius 1 is 1.27 bits per heavy atom. The third kappa shape index (κ3) is 5.00. The Kier molecular flexibility index (Phi) is 6.33. The van der Waals surface area contributed by atoms with E-state index in [2.05, 4.69) is 15.9 Å². The van der Waals surface area contributed by atoms with E-state index < -0.39 is 21.9 Å². The number of benzene rings is 2. The average molecular weight is 441 g/mol. The number of hydrogen-bond donors (Lipinski definition) is 1. The number of carbonyl (C=O) groups excluding carboxylic acids is 1. The van der Waals surface area contributed by atoms with Gasteiger partial charge in [-0.2, -0.15) is 0 Å². The standard InChI is InChI=1S/C18H18BrFN2O3S/c1-12(13-4-3-5-16(11-13)26(21,24)25)22(2)18(23)9-6-14-10-15(19)7-8-17(14)20/h3-12H,1-2H3,(H2,21,24,25)/b9-6+. The van der Waals surface area contributed by atoms with Gasteiger partial charge >= 0.3 is 0 Å². The lowest BCUT2D eigenvalue weighted by atomic mass is 10.1. The van der Waals surface area contributed by atoms with Gasteiger partial charge in [0.25, 0.3) is 0 Å². The number of sulfonamides is 1. The van der Waals surface area contributed by atoms with Crippen molar-refractivity contribution in [2.24, 2.45) is 5.14 Å². The van der Waals surface area contributed by atoms with E-state index in [9.17, 15) is 17.6 Å². The first-order valence-electron chi connectivity index (χ1n) is 7.62. The van der Waals surface area contributed by atoms with Crippen LogP contribution >= 0.6 is 15.9 Å². The molecule has 2 aromatic rings. The van der Waals surface area contributed by atoms with Crippen LogP contribution in [-0.4, -0.2) is 26.3 Å². The Bertz CT molecular complexity index is 961. The van der Waals surface area contributed by atoms with E-state index >= 15 is 0 Å². The van der Waals surface area contributed by atoms with Crippen molar-refractivity contribution in [3.8, 4) is 0 Å². The van der Waals surface area contributed by atoms with Crippen LogP contribution in [-0.2, 0) is 14.8 Å². The number of likely N-dealkylation sites (N-methyl/N-ethyl adjacent to an activating group) is 1. The van der Waals surface area contributed by atoms with E-state index in [0.29, 0.717) is 10.0 Å². The summed E-state index contributed by atoms with van der Waals surface area (Å²) in [6.45, 7) is 1.76. The summed E-state index contributed by atoms with van der Waals surface area (Å²) >= 11 is 3.25. The molecule has 1 atom stereocenters. The van der Waals surface area contributed by atoms with Crippen LogP contribution in [0.25, 0.3) is 6.08 Å². The zero-order chi connectivity index (χ0) is 19.5. The molecule has 0 aromatic heterocycles. The maximum absolute atomic E-state index is 13.7. The lowest BCUT2D eigenvalue weighted by Gasteiger charge is -2.24. The molecular formula is C18H18BrFN2O3S. The number of rotatable bonds is 5. The van der Waals surface area contributed by atoms with E-state index in [0.717, 1.165) is 0 Å². The molecule has 8 heteroatoms. The van der Waals surface area contributed by atoms with E-state index in [1.165, 1.54) is 35.3 Å². The SMILES string of the molecule is CC(c1cccc(S(N)(=O)=O)c1)N(C)C(=O)/C=C/c1cc(Br)ccc1F. The van der Waals surface area contributed by atoms with Gasteiger partial charge in [-0.3, -0.25) is 4.79 Å². The van der Waals surface area contributed by atoms with Crippen LogP contribution in [0.5, 0.6) is 0 Å². The highest BCUT2D eigenvalue weighted by Gasteiger charge is 2.17. The summed E-state index contributed by atoms with van der Waals surface area (Å²) in [6.07, 6.45) is 2.66. The fraction of sp³-hybridized carbons (Fsp3) is 0.167. The molecule has 0 aliphatic carbocycles. The van der Waals surface area contributed by atoms with Crippen LogP contribution in [0.3, 0.4) is 0 Å². The molecule has 2 N–H and O–H groups in total. The number of nitrogens with zero attached hydrogens (tertiary/aromatic N) is 1. The van der Waals surface area contributed by atoms with Crippen molar-refractivity contribution in [2.45, 2.75) is 17.9 Å². The smallest absolute Gasteiger partial charge is 0.246 e. The predicted molar refractivity (Wildman–Crippen MR) is 102 cm³/mol. The third-order valence-corrected chi connectivity index (χ3v) is 5.37. The summed E-state index contributed by atoms with van der Waals surface area (Å²) in [6, 6.07) is 10.1. The van der Waals surface area contributed by atoms with Gasteiger partial charge in [0.15, 0.2) is 0 Å². The molecule has 138 valence electrons. The Labute approximate surface area is 160 Å². The molecule has 0 radical (unpaired) electrons. The fourth-order valence-corrected chi connectivity index (χ4v) is 3.23. The maximum atomic E-state index is 13.7. The van der Waals surface area contributed by atoms with Gasteiger partial charge in [-0.25, -0.2) is 17.9 Å². The van der Waals surface area contributed by atoms with Gasteiger partial charge in [0, 0.05) is 23.2 Å². The zero-order valence-corrected chi connectivity index (χ0v) is 16.6. The largest absolute Gasteiger partial charge is 0.335 e. The van der Waals surface area contributed by atoms with Crippen molar-refractivity contribution in [2.75, 3.05) is 7.05 Å². The lowest BCUT2D eigenvalue weighted by Crippen LogP contribution is -2.28. The van der Waals surface area contributed by atoms with Gasteiger partial charge < -0.3 is 4.90 Å². The van der Waals surface area contributed by atoms with E-state index in [1.807, 2.05) is 0 Å². The second kappa shape index (κ2) is 8.11. The quantitative estimate of drug-likeness (QED) is 0.722. The number of halogens is 2. The van der Waals surface area contributed by atoms with Crippen LogP contribution in [0.1, 0.15) is 24.1 Å². The third-order valence-electron chi connectivity index (χ3n) is 3.96. The number of carbonyl (C=O) groups is 1. The van der Waals surface area contributed by atoms with Gasteiger partial charge in [-0.1, -0.05) is 28.1 Å². The average Bonchev–Trinajstić information content (AvgIpc) is 2.60. The normalized spacial score (nSPS) is 13.0. The van der Waals surface area contributed by atoms with E-state index in [1.54, 1.807) is 38.2 Å². The van der Waals surface area contributed by atoms with Crippen molar-refractivity contribution in [1.29, 1.82) is 0 Å². The van der Waals surface area contributed by atoms with Gasteiger partial charge in [-0.15, -0.1) is 0 Å². The number of primary sulfonamides is 1. The van der Waals surface area contributed by atoms with Gasteiger partial charge in [0.05, 0.1) is 10.9 Å². The minimum absolute atomic E-state index is 0.0190. The highest BCUT2D eigenvalue weighted by Crippen LogP contribution is 2.22. The molecule has 0 fully saturated rings. The molecule has 0 aliphatic heterocycles. The molecule has 1 amide bonds. The first kappa shape index (κ1) is 20.3. The van der Waals surface area contributed by atoms with Gasteiger partial charge in [0.2, 0.25) is 15.9 Å². The number of nitrogens with two attached hydrogens (primary N) is 1. The molecule has 2 aromatic carbocycles. The molecule has 26 heavy (non-hydrogen) atoms. The van der Waals surface area contributed by atoms with Crippen LogP contribution in [0.4, 0.5) is 4.39 Å². The van der Waals surface area contributed by atoms with E-state index in [-0.39, 0.29) is 16.4 Å². The van der Waals surface area contributed by atoms with Crippen molar-refractivity contribution in [3.05, 3.63) is 70.0 Å². The summed E-state index contributed by atoms with van der Waals surface area (Å²) < 4.78 is 37.4. The molecule has 1 unspecified atom stereocenters. The molecule has 5 nitrogen and oxygen atoms in total. The summed E-state index contributed by atoms with van der Waals surface area (Å²) in [5.41, 5.74) is 0.902. The minimum Gasteiger partial charge on any atom is -0.335 e. The highest BCUT2D eigenvalue weighted by atomic mass is 79.9. The monoisotopic (exact) mass is 440 g/mol. The Balaban J connectivity index is 2.20. The van der Waals surface area contributed by atoms with E-state index in [4.69, 9.17) is 5.14 Å². The van der Waals surface area contributed by atoms with Crippen LogP contribution in [0.15, 0.2) is 57.9 Å². The zero-order valence-electron chi connectivity index (χ0n) is 14.2. The predicted octanol–water partition coefficient (Wildman–Crippen LogP) is 3.47. The van der Waals surface area contributed by atoms with Crippen LogP contribution in [0.2, 0.25) is 0 Å². The number of hydrogen-bond acceptors (Lipinski definition) is 3. The Hall–Kier alpha value is -2.03. The molecule has 0 bridgehead atoms. The maximum Gasteiger partial charge on any atom is 0.246 e. The highest BCUT2D eigenvalue weighted by molar-refractivity contribution is 9.10. The second-order valence-corrected chi connectivity index (χ2v) is 8.22. The number of amides is 1. The summed E-state index contributed by atoms with van der Waals surface area (Å²) in [5, 5.41) is 5.14. The topological polar surface area (TPSA) is 80.5 Å². The molecular weight excluding hydrogens is 423 g/mol. The summed E-state index contributed by atoms with van der Waals surface area (Å²) in [7, 11) is -2.24. The molecule has 0 heterocycles. The van der Waals surface area contributed by atoms with Crippen molar-refractivity contribution >= 4 is 37.9 Å². The summed E-state index contributed by atoms with van der Waals surface area (Å²) in [4.78, 5) is 13.8. The summed E-state index contributed by atoms with van der Waals surface area (Å²) in [5.74, 6) is -0.785. The van der Waals surface area contributed by atoms with Crippen molar-refractivity contribution in [1.82, 2.24) is 4.90 Å². The molecule has 2 rings (SSSR count). The Morgan fingerprint density at radius 3 is 2.62 bits per heavy atom. The molecule has 0 saturated heterocycles. The molecule has 0 saturated carbocycles. The molecule has 0 aliphatic rings. The van der Waals surface area contributed by atoms with Crippen LogP contribution in [0, 0.1) is 5.82 Å². The van der Waals surface area contributed by atoms with Crippen molar-refractivity contribution < 1.29 is 17.6 Å². The molecule has 0 spiro atoms. The van der Waals surface area contributed by atoms with Gasteiger partial charge in [0.1, 0.15) is 5.82 Å². The lowest BCUT2D eigenvalue weighted by molar-refractivity contribution is -0.126. The Morgan fingerprint density at radius 2 is 1.96 bits per heavy atom. The van der Waals surface area contributed by atoms with Crippen molar-refractivity contribution in [3.63, 3.8) is 0 Å². The first-order valence-corrected chi connectivity index (χ1v) is 9.96. The second-order valence-electron chi connectivity index (χ2n) is 5.74. The first-order chi connectivity index (χ1) is 12.1. The minimum atomic E-state index is -3.82. The van der Waals surface area contributed by atoms with Gasteiger partial charge in [-0.05, 0) is 48.9 Å². The van der Waals surface area contributed by atoms with Crippen LogP contribution < -0.4 is 5.14 Å².